The summed E-state index contributed by atoms with van der Waals surface area (Å²) in [7, 11) is 0. The van der Waals surface area contributed by atoms with E-state index in [9.17, 15) is 9.59 Å². The van der Waals surface area contributed by atoms with Gasteiger partial charge >= 0.3 is 0 Å². The highest BCUT2D eigenvalue weighted by atomic mass is 16.1. The first-order valence-electron chi connectivity index (χ1n) is 9.50. The molecular weight excluding hydrogens is 296 g/mol. The van der Waals surface area contributed by atoms with Crippen molar-refractivity contribution in [2.75, 3.05) is 0 Å². The van der Waals surface area contributed by atoms with E-state index in [0.29, 0.717) is 17.8 Å². The van der Waals surface area contributed by atoms with E-state index in [2.05, 4.69) is 26.5 Å². The molecule has 4 aliphatic carbocycles. The topological polar surface area (TPSA) is 34.1 Å². The normalized spacial score (nSPS) is 46.6. The van der Waals surface area contributed by atoms with Gasteiger partial charge in [-0.25, -0.2) is 0 Å². The average molecular weight is 324 g/mol. The maximum atomic E-state index is 12.4. The first-order valence-corrected chi connectivity index (χ1v) is 9.50. The summed E-state index contributed by atoms with van der Waals surface area (Å²) >= 11 is 0. The summed E-state index contributed by atoms with van der Waals surface area (Å²) in [5.74, 6) is 2.54. The third kappa shape index (κ3) is 2.01. The largest absolute Gasteiger partial charge is 0.295 e. The Kier molecular flexibility index (Phi) is 3.53. The first-order chi connectivity index (χ1) is 11.4. The molecule has 0 spiro atoms. The van der Waals surface area contributed by atoms with Gasteiger partial charge in [-0.05, 0) is 79.9 Å². The Morgan fingerprint density at radius 3 is 2.75 bits per heavy atom. The Labute approximate surface area is 145 Å². The summed E-state index contributed by atoms with van der Waals surface area (Å²) in [4.78, 5) is 24.2. The lowest BCUT2D eigenvalue weighted by Gasteiger charge is -2.56. The summed E-state index contributed by atoms with van der Waals surface area (Å²) in [6.07, 6.45) is 14.1. The van der Waals surface area contributed by atoms with Gasteiger partial charge in [0.05, 0.1) is 0 Å². The molecule has 0 unspecified atom stereocenters. The van der Waals surface area contributed by atoms with Crippen molar-refractivity contribution in [2.24, 2.45) is 34.5 Å². The number of fused-ring (bicyclic) bond motifs is 5. The molecule has 3 fully saturated rings. The monoisotopic (exact) mass is 324 g/mol. The van der Waals surface area contributed by atoms with E-state index >= 15 is 0 Å². The Morgan fingerprint density at radius 1 is 1.21 bits per heavy atom. The van der Waals surface area contributed by atoms with Gasteiger partial charge in [-0.3, -0.25) is 9.59 Å². The van der Waals surface area contributed by atoms with Crippen molar-refractivity contribution in [3.05, 3.63) is 36.5 Å². The first kappa shape index (κ1) is 16.1. The second-order valence-corrected chi connectivity index (χ2v) is 8.88. The second-order valence-electron chi connectivity index (χ2n) is 8.88. The number of hydrogen-bond donors (Lipinski definition) is 0. The fourth-order valence-electron chi connectivity index (χ4n) is 6.81. The van der Waals surface area contributed by atoms with Crippen LogP contribution in [0.4, 0.5) is 0 Å². The Bertz CT molecular complexity index is 669. The molecule has 4 aliphatic rings. The number of ketones is 2. The molecule has 2 nitrogen and oxygen atoms in total. The van der Waals surface area contributed by atoms with Gasteiger partial charge in [-0.1, -0.05) is 32.1 Å². The van der Waals surface area contributed by atoms with Gasteiger partial charge in [0, 0.05) is 11.3 Å². The zero-order chi connectivity index (χ0) is 17.1. The maximum Gasteiger partial charge on any atom is 0.178 e. The molecule has 2 heteroatoms. The molecule has 3 saturated carbocycles. The zero-order valence-electron chi connectivity index (χ0n) is 14.9. The minimum absolute atomic E-state index is 0.0543. The molecule has 0 radical (unpaired) electrons. The molecule has 0 aromatic carbocycles. The van der Waals surface area contributed by atoms with Crippen molar-refractivity contribution in [3.63, 3.8) is 0 Å². The van der Waals surface area contributed by atoms with E-state index in [-0.39, 0.29) is 28.3 Å². The van der Waals surface area contributed by atoms with Crippen molar-refractivity contribution >= 4 is 11.6 Å². The molecule has 0 aromatic heterocycles. The van der Waals surface area contributed by atoms with Crippen molar-refractivity contribution in [1.29, 1.82) is 0 Å². The highest BCUT2D eigenvalue weighted by molar-refractivity contribution is 6.01. The molecule has 128 valence electrons. The molecule has 0 heterocycles. The Balaban J connectivity index is 1.67. The third-order valence-corrected chi connectivity index (χ3v) is 8.10. The van der Waals surface area contributed by atoms with Gasteiger partial charge in [-0.15, -0.1) is 0 Å². The minimum Gasteiger partial charge on any atom is -0.295 e. The number of carbonyl (C=O) groups excluding carboxylic acids is 2. The number of carbonyl (C=O) groups is 2. The molecule has 0 saturated heterocycles. The smallest absolute Gasteiger partial charge is 0.178 e. The fraction of sp³-hybridized carbons (Fsp3) is 0.636. The lowest BCUT2D eigenvalue weighted by atomic mass is 9.47. The lowest BCUT2D eigenvalue weighted by molar-refractivity contribution is -0.124. The average Bonchev–Trinajstić information content (AvgIpc) is 2.92. The number of allylic oxidation sites excluding steroid dienone is 5. The Morgan fingerprint density at radius 2 is 2.00 bits per heavy atom. The van der Waals surface area contributed by atoms with Gasteiger partial charge in [0.15, 0.2) is 11.6 Å². The van der Waals surface area contributed by atoms with Crippen LogP contribution in [0.1, 0.15) is 52.4 Å². The van der Waals surface area contributed by atoms with Crippen LogP contribution in [0.2, 0.25) is 0 Å². The molecule has 4 rings (SSSR count). The number of hydrogen-bond acceptors (Lipinski definition) is 2. The van der Waals surface area contributed by atoms with Crippen LogP contribution < -0.4 is 0 Å². The zero-order valence-corrected chi connectivity index (χ0v) is 14.9. The molecule has 24 heavy (non-hydrogen) atoms. The van der Waals surface area contributed by atoms with E-state index in [4.69, 9.17) is 0 Å². The minimum atomic E-state index is 0.0543. The van der Waals surface area contributed by atoms with Crippen molar-refractivity contribution in [3.8, 4) is 0 Å². The van der Waals surface area contributed by atoms with Crippen molar-refractivity contribution < 1.29 is 9.59 Å². The maximum absolute atomic E-state index is 12.4. The van der Waals surface area contributed by atoms with Crippen LogP contribution in [0.3, 0.4) is 0 Å². The molecule has 0 amide bonds. The van der Waals surface area contributed by atoms with Crippen LogP contribution in [0.25, 0.3) is 0 Å². The third-order valence-electron chi connectivity index (χ3n) is 8.10. The van der Waals surface area contributed by atoms with E-state index in [1.807, 2.05) is 6.08 Å². The van der Waals surface area contributed by atoms with Crippen LogP contribution in [-0.4, -0.2) is 11.6 Å². The second kappa shape index (κ2) is 5.28. The highest BCUT2D eigenvalue weighted by Gasteiger charge is 2.59. The summed E-state index contributed by atoms with van der Waals surface area (Å²) in [5.41, 5.74) is 1.55. The van der Waals surface area contributed by atoms with Crippen molar-refractivity contribution in [1.82, 2.24) is 0 Å². The molecule has 0 N–H and O–H groups in total. The number of rotatable bonds is 2. The summed E-state index contributed by atoms with van der Waals surface area (Å²) in [6, 6.07) is 0. The summed E-state index contributed by atoms with van der Waals surface area (Å²) < 4.78 is 0. The Hall–Kier alpha value is -1.44. The van der Waals surface area contributed by atoms with E-state index in [1.54, 1.807) is 12.2 Å². The summed E-state index contributed by atoms with van der Waals surface area (Å²) in [6.45, 7) is 8.43. The van der Waals surface area contributed by atoms with E-state index in [1.165, 1.54) is 24.8 Å². The molecular formula is C22H28O2. The van der Waals surface area contributed by atoms with Gasteiger partial charge < -0.3 is 0 Å². The van der Waals surface area contributed by atoms with Gasteiger partial charge in [0.25, 0.3) is 0 Å². The SMILES string of the molecule is C=CC(=O)[C@H]1CC[C@H]2[C@@H]3CCC4=CC(=O)C=C[C@]4(C)[C@H]3CC[C@]12C. The van der Waals surface area contributed by atoms with Gasteiger partial charge in [-0.2, -0.15) is 0 Å². The van der Waals surface area contributed by atoms with Crippen LogP contribution in [-0.2, 0) is 9.59 Å². The van der Waals surface area contributed by atoms with Gasteiger partial charge in [0.2, 0.25) is 0 Å². The molecule has 0 aliphatic heterocycles. The van der Waals surface area contributed by atoms with E-state index in [0.717, 1.165) is 19.3 Å². The van der Waals surface area contributed by atoms with Crippen LogP contribution in [0.15, 0.2) is 36.5 Å². The van der Waals surface area contributed by atoms with Crippen LogP contribution in [0.5, 0.6) is 0 Å². The molecule has 6 atom stereocenters. The standard InChI is InChI=1S/C22H28O2/c1-4-20(24)19-8-7-17-16-6-5-14-13-15(23)9-11-21(14,2)18(16)10-12-22(17,19)3/h4,9,11,13,16-19H,1,5-8,10,12H2,2-3H3/t16-,17-,18-,19+,21-,22-/m0/s1. The van der Waals surface area contributed by atoms with Crippen LogP contribution >= 0.6 is 0 Å². The van der Waals surface area contributed by atoms with Crippen molar-refractivity contribution in [2.45, 2.75) is 52.4 Å². The summed E-state index contributed by atoms with van der Waals surface area (Å²) in [5, 5.41) is 0. The predicted octanol–water partition coefficient (Wildman–Crippen LogP) is 4.67. The predicted molar refractivity (Wildman–Crippen MR) is 95.3 cm³/mol. The molecule has 0 aromatic rings. The fourth-order valence-corrected chi connectivity index (χ4v) is 6.81. The quantitative estimate of drug-likeness (QED) is 0.692. The lowest BCUT2D eigenvalue weighted by Crippen LogP contribution is -2.50. The van der Waals surface area contributed by atoms with Gasteiger partial charge in [0.1, 0.15) is 0 Å². The molecule has 0 bridgehead atoms. The van der Waals surface area contributed by atoms with E-state index < -0.39 is 0 Å². The van der Waals surface area contributed by atoms with Crippen LogP contribution in [0, 0.1) is 34.5 Å². The highest BCUT2D eigenvalue weighted by Crippen LogP contribution is 2.66.